The Labute approximate surface area is 153 Å². The van der Waals surface area contributed by atoms with Crippen LogP contribution in [-0.2, 0) is 16.2 Å². The molecule has 26 heavy (non-hydrogen) atoms. The average Bonchev–Trinajstić information content (AvgIpc) is 3.05. The van der Waals surface area contributed by atoms with Crippen LogP contribution in [0, 0.1) is 6.92 Å². The van der Waals surface area contributed by atoms with Gasteiger partial charge in [0.05, 0.1) is 21.8 Å². The summed E-state index contributed by atoms with van der Waals surface area (Å²) >= 11 is 0. The maximum absolute atomic E-state index is 13.3. The first kappa shape index (κ1) is 13.5. The number of hydrogen-bond donors (Lipinski definition) is 1. The molecule has 0 atom stereocenters. The number of sulfonamides is 1. The number of hydrogen-bond acceptors (Lipinski definition) is 3. The van der Waals surface area contributed by atoms with Crippen LogP contribution in [0.15, 0.2) is 59.4 Å². The normalized spacial score (nSPS) is 14.5. The number of aromatic nitrogens is 2. The monoisotopic (exact) mass is 389 g/mol. The third-order valence-electron chi connectivity index (χ3n) is 3.43. The summed E-state index contributed by atoms with van der Waals surface area (Å²) in [6.07, 6.45) is -4.84. The minimum atomic E-state index is -4.84. The molecule has 0 spiro atoms. The molecule has 0 unspecified atom stereocenters. The average molecular weight is 389 g/mol. The topological polar surface area (TPSA) is 78.0 Å². The first-order valence-corrected chi connectivity index (χ1v) is 8.66. The van der Waals surface area contributed by atoms with Gasteiger partial charge in [-0.25, -0.2) is 18.2 Å². The number of benzene rings is 2. The van der Waals surface area contributed by atoms with Crippen molar-refractivity contribution in [2.45, 2.75) is 18.0 Å². The highest BCUT2D eigenvalue weighted by atomic mass is 32.2. The number of nitrogens with two attached hydrogens (primary N) is 1. The number of alkyl halides is 3. The second kappa shape index (κ2) is 6.26. The van der Waals surface area contributed by atoms with Crippen LogP contribution in [0.25, 0.3) is 16.9 Å². The molecule has 1 heterocycles. The van der Waals surface area contributed by atoms with Crippen LogP contribution in [0.5, 0.6) is 0 Å². The van der Waals surface area contributed by atoms with Crippen LogP contribution in [0.2, 0.25) is 0 Å². The molecule has 2 N–H and O–H groups in total. The molecule has 3 rings (SSSR count). The van der Waals surface area contributed by atoms with Gasteiger partial charge in [0.1, 0.15) is 0 Å². The van der Waals surface area contributed by atoms with Crippen molar-refractivity contribution >= 4 is 10.0 Å². The highest BCUT2D eigenvalue weighted by molar-refractivity contribution is 7.89. The Balaban J connectivity index is 2.41. The third-order valence-corrected chi connectivity index (χ3v) is 4.21. The van der Waals surface area contributed by atoms with E-state index in [-0.39, 0.29) is 11.3 Å². The van der Waals surface area contributed by atoms with E-state index in [0.29, 0.717) is 10.7 Å². The smallest absolute Gasteiger partial charge is 0.233 e. The van der Waals surface area contributed by atoms with Crippen molar-refractivity contribution in [2.75, 3.05) is 0 Å². The molecule has 0 amide bonds. The maximum Gasteiger partial charge on any atom is 0.435 e. The summed E-state index contributed by atoms with van der Waals surface area (Å²) in [6, 6.07) is 3.20. The zero-order valence-electron chi connectivity index (χ0n) is 17.2. The molecular formula is C17H14F3N3O2S. The molecule has 9 heteroatoms. The van der Waals surface area contributed by atoms with Crippen molar-refractivity contribution in [3.05, 3.63) is 65.8 Å². The lowest BCUT2D eigenvalue weighted by Gasteiger charge is -2.09. The number of aryl methyl sites for hydroxylation is 1. The molecular weight excluding hydrogens is 367 g/mol. The predicted octanol–water partition coefficient (Wildman–Crippen LogP) is 3.51. The number of nitrogens with zero attached hydrogens (tertiary/aromatic N) is 2. The van der Waals surface area contributed by atoms with Gasteiger partial charge < -0.3 is 0 Å². The van der Waals surface area contributed by atoms with Gasteiger partial charge in [-0.3, -0.25) is 0 Å². The van der Waals surface area contributed by atoms with Crippen molar-refractivity contribution in [1.29, 1.82) is 0 Å². The van der Waals surface area contributed by atoms with Gasteiger partial charge >= 0.3 is 6.18 Å². The number of primary sulfonamides is 1. The first-order valence-electron chi connectivity index (χ1n) is 9.11. The number of rotatable bonds is 3. The van der Waals surface area contributed by atoms with Gasteiger partial charge in [-0.15, -0.1) is 0 Å². The molecule has 0 saturated heterocycles. The van der Waals surface area contributed by atoms with E-state index < -0.39 is 56.6 Å². The van der Waals surface area contributed by atoms with Crippen molar-refractivity contribution < 1.29 is 27.1 Å². The van der Waals surface area contributed by atoms with Crippen LogP contribution in [0.4, 0.5) is 13.2 Å². The first-order chi connectivity index (χ1) is 13.7. The molecule has 0 aliphatic carbocycles. The summed E-state index contributed by atoms with van der Waals surface area (Å²) in [7, 11) is -4.62. The standard InChI is InChI=1S/C17H14F3N3O2S/c1-11-2-4-12(5-3-11)15-10-16(17(18,19)20)22-23(15)13-6-8-14(9-7-13)26(21,24)25/h2-10H,1H3,(H2,21,24,25)/i6T,7T,8T,9T. The van der Waals surface area contributed by atoms with E-state index in [0.717, 1.165) is 5.56 Å². The van der Waals surface area contributed by atoms with E-state index in [2.05, 4.69) is 5.10 Å². The molecule has 3 aromatic rings. The Morgan fingerprint density at radius 2 is 1.69 bits per heavy atom. The van der Waals surface area contributed by atoms with Crippen LogP contribution in [0.1, 0.15) is 16.7 Å². The van der Waals surface area contributed by atoms with Crippen molar-refractivity contribution in [3.8, 4) is 16.9 Å². The van der Waals surface area contributed by atoms with E-state index in [1.807, 2.05) is 0 Å². The summed E-state index contributed by atoms with van der Waals surface area (Å²) < 4.78 is 95.9. The molecule has 0 fully saturated rings. The van der Waals surface area contributed by atoms with E-state index in [1.165, 1.54) is 12.1 Å². The lowest BCUT2D eigenvalue weighted by molar-refractivity contribution is -0.141. The highest BCUT2D eigenvalue weighted by Crippen LogP contribution is 2.33. The fourth-order valence-electron chi connectivity index (χ4n) is 2.16. The highest BCUT2D eigenvalue weighted by Gasteiger charge is 2.35. The number of halogens is 3. The maximum atomic E-state index is 13.3. The Kier molecular flexibility index (Phi) is 3.26. The van der Waals surface area contributed by atoms with Crippen molar-refractivity contribution in [3.63, 3.8) is 0 Å². The molecule has 0 saturated carbocycles. The van der Waals surface area contributed by atoms with Crippen LogP contribution < -0.4 is 5.14 Å². The van der Waals surface area contributed by atoms with E-state index in [4.69, 9.17) is 10.6 Å². The van der Waals surface area contributed by atoms with Gasteiger partial charge in [0.25, 0.3) is 0 Å². The van der Waals surface area contributed by atoms with Gasteiger partial charge in [-0.05, 0) is 37.2 Å². The minimum Gasteiger partial charge on any atom is -0.233 e. The summed E-state index contributed by atoms with van der Waals surface area (Å²) in [5.41, 5.74) is -0.987. The molecule has 0 radical (unpaired) electrons. The van der Waals surface area contributed by atoms with Crippen LogP contribution >= 0.6 is 0 Å². The van der Waals surface area contributed by atoms with Crippen molar-refractivity contribution in [2.24, 2.45) is 5.14 Å². The molecule has 1 aromatic heterocycles. The second-order valence-electron chi connectivity index (χ2n) is 5.41. The lowest BCUT2D eigenvalue weighted by Crippen LogP contribution is -2.12. The Morgan fingerprint density at radius 1 is 1.12 bits per heavy atom. The van der Waals surface area contributed by atoms with Gasteiger partial charge in [-0.1, -0.05) is 29.8 Å². The Morgan fingerprint density at radius 3 is 2.19 bits per heavy atom. The van der Waals surface area contributed by atoms with E-state index >= 15 is 0 Å². The van der Waals surface area contributed by atoms with Gasteiger partial charge in [0.2, 0.25) is 10.0 Å². The fraction of sp³-hybridized carbons (Fsp3) is 0.118. The predicted molar refractivity (Wildman–Crippen MR) is 90.1 cm³/mol. The Hall–Kier alpha value is -2.65. The molecule has 0 aliphatic heterocycles. The van der Waals surface area contributed by atoms with Crippen LogP contribution in [-0.4, -0.2) is 18.2 Å². The molecule has 0 bridgehead atoms. The summed E-state index contributed by atoms with van der Waals surface area (Å²) in [4.78, 5) is -1.05. The van der Waals surface area contributed by atoms with Gasteiger partial charge in [-0.2, -0.15) is 18.3 Å². The van der Waals surface area contributed by atoms with Gasteiger partial charge in [0.15, 0.2) is 5.69 Å². The summed E-state index contributed by atoms with van der Waals surface area (Å²) in [5.74, 6) is 0. The third kappa shape index (κ3) is 3.63. The molecule has 5 nitrogen and oxygen atoms in total. The fourth-order valence-corrected chi connectivity index (χ4v) is 2.55. The largest absolute Gasteiger partial charge is 0.435 e. The second-order valence-corrected chi connectivity index (χ2v) is 6.91. The SMILES string of the molecule is [3H]c1c([3H])c(S(N)(=O)=O)c([3H])c([3H])c1-n1nc(C(F)(F)F)cc1-c1ccc(C)cc1. The van der Waals surface area contributed by atoms with E-state index in [9.17, 15) is 21.6 Å². The van der Waals surface area contributed by atoms with E-state index in [1.54, 1.807) is 19.1 Å². The minimum absolute atomic E-state index is 0.147. The Bertz CT molecular complexity index is 1230. The summed E-state index contributed by atoms with van der Waals surface area (Å²) in [5, 5.41) is 8.43. The van der Waals surface area contributed by atoms with Gasteiger partial charge in [0, 0.05) is 5.56 Å². The molecule has 136 valence electrons. The molecule has 0 aliphatic rings. The quantitative estimate of drug-likeness (QED) is 0.745. The zero-order valence-corrected chi connectivity index (χ0v) is 14.0. The zero-order chi connectivity index (χ0) is 22.6. The van der Waals surface area contributed by atoms with Crippen LogP contribution in [0.3, 0.4) is 0 Å². The van der Waals surface area contributed by atoms with Crippen molar-refractivity contribution in [1.82, 2.24) is 9.78 Å². The summed E-state index contributed by atoms with van der Waals surface area (Å²) in [6.45, 7) is 1.77. The lowest BCUT2D eigenvalue weighted by atomic mass is 10.1. The molecule has 2 aromatic carbocycles.